The molecule has 1 N–H and O–H groups in total. The highest BCUT2D eigenvalue weighted by Crippen LogP contribution is 2.28. The molecule has 1 fully saturated rings. The fraction of sp³-hybridized carbons (Fsp3) is 0.643. The van der Waals surface area contributed by atoms with Crippen LogP contribution in [0.1, 0.15) is 25.8 Å². The third kappa shape index (κ3) is 2.78. The van der Waals surface area contributed by atoms with Crippen LogP contribution in [-0.4, -0.2) is 25.1 Å². The smallest absolute Gasteiger partial charge is 0.133 e. The summed E-state index contributed by atoms with van der Waals surface area (Å²) in [6.45, 7) is 7.84. The molecule has 2 heterocycles. The number of hydrogen-bond acceptors (Lipinski definition) is 3. The van der Waals surface area contributed by atoms with E-state index < -0.39 is 0 Å². The first kappa shape index (κ1) is 12.4. The van der Waals surface area contributed by atoms with Crippen LogP contribution >= 0.6 is 0 Å². The highest BCUT2D eigenvalue weighted by molar-refractivity contribution is 5.47. The van der Waals surface area contributed by atoms with Crippen LogP contribution in [-0.2, 0) is 6.54 Å². The van der Waals surface area contributed by atoms with Crippen LogP contribution in [0.3, 0.4) is 0 Å². The lowest BCUT2D eigenvalue weighted by molar-refractivity contribution is 0.422. The average Bonchev–Trinajstić information content (AvgIpc) is 2.79. The van der Waals surface area contributed by atoms with E-state index in [9.17, 15) is 0 Å². The minimum Gasteiger partial charge on any atom is -0.356 e. The molecule has 94 valence electrons. The molecule has 1 aromatic heterocycles. The fourth-order valence-electron chi connectivity index (χ4n) is 2.57. The van der Waals surface area contributed by atoms with E-state index in [1.807, 2.05) is 19.3 Å². The summed E-state index contributed by atoms with van der Waals surface area (Å²) in [5.74, 6) is 2.76. The molecule has 2 rings (SSSR count). The molecule has 0 spiro atoms. The predicted molar refractivity (Wildman–Crippen MR) is 72.2 cm³/mol. The molecule has 0 aliphatic carbocycles. The molecular formula is C14H23N3. The molecule has 1 aromatic rings. The summed E-state index contributed by atoms with van der Waals surface area (Å²) < 4.78 is 0. The Hall–Kier alpha value is -1.09. The van der Waals surface area contributed by atoms with Crippen molar-refractivity contribution in [3.63, 3.8) is 0 Å². The Labute approximate surface area is 104 Å². The Balaban J connectivity index is 2.12. The average molecular weight is 233 g/mol. The number of aromatic nitrogens is 1. The second-order valence-corrected chi connectivity index (χ2v) is 5.26. The first-order chi connectivity index (χ1) is 8.22. The number of hydrogen-bond donors (Lipinski definition) is 1. The minimum atomic E-state index is 0.775. The summed E-state index contributed by atoms with van der Waals surface area (Å²) in [5, 5.41) is 3.22. The van der Waals surface area contributed by atoms with Crippen LogP contribution in [0.15, 0.2) is 18.3 Å². The largest absolute Gasteiger partial charge is 0.356 e. The molecule has 3 heteroatoms. The van der Waals surface area contributed by atoms with E-state index in [0.717, 1.165) is 31.5 Å². The lowest BCUT2D eigenvalue weighted by Crippen LogP contribution is -2.24. The number of anilines is 1. The van der Waals surface area contributed by atoms with Gasteiger partial charge >= 0.3 is 0 Å². The number of pyridine rings is 1. The van der Waals surface area contributed by atoms with E-state index in [4.69, 9.17) is 0 Å². The van der Waals surface area contributed by atoms with Crippen LogP contribution in [0.25, 0.3) is 0 Å². The van der Waals surface area contributed by atoms with Gasteiger partial charge in [-0.2, -0.15) is 0 Å². The van der Waals surface area contributed by atoms with Crippen LogP contribution in [0.2, 0.25) is 0 Å². The summed E-state index contributed by atoms with van der Waals surface area (Å²) in [6.07, 6.45) is 3.20. The maximum Gasteiger partial charge on any atom is 0.133 e. The molecule has 17 heavy (non-hydrogen) atoms. The Morgan fingerprint density at radius 1 is 1.53 bits per heavy atom. The molecule has 0 radical (unpaired) electrons. The van der Waals surface area contributed by atoms with Gasteiger partial charge in [-0.15, -0.1) is 0 Å². The van der Waals surface area contributed by atoms with Crippen LogP contribution < -0.4 is 10.2 Å². The minimum absolute atomic E-state index is 0.775. The van der Waals surface area contributed by atoms with Gasteiger partial charge in [0.1, 0.15) is 5.82 Å². The van der Waals surface area contributed by atoms with E-state index in [1.54, 1.807) is 0 Å². The number of nitrogens with zero attached hydrogens (tertiary/aromatic N) is 2. The molecule has 1 aliphatic heterocycles. The van der Waals surface area contributed by atoms with Crippen LogP contribution in [0.4, 0.5) is 5.82 Å². The van der Waals surface area contributed by atoms with Gasteiger partial charge in [0.05, 0.1) is 0 Å². The Morgan fingerprint density at radius 3 is 3.00 bits per heavy atom. The first-order valence-corrected chi connectivity index (χ1v) is 6.55. The molecule has 1 unspecified atom stereocenters. The van der Waals surface area contributed by atoms with Gasteiger partial charge in [0, 0.05) is 31.4 Å². The van der Waals surface area contributed by atoms with E-state index in [2.05, 4.69) is 35.1 Å². The van der Waals surface area contributed by atoms with Gasteiger partial charge in [-0.25, -0.2) is 4.98 Å². The molecule has 0 aromatic carbocycles. The second-order valence-electron chi connectivity index (χ2n) is 5.26. The van der Waals surface area contributed by atoms with E-state index >= 15 is 0 Å². The monoisotopic (exact) mass is 233 g/mol. The third-order valence-electron chi connectivity index (χ3n) is 3.70. The first-order valence-electron chi connectivity index (χ1n) is 6.55. The van der Waals surface area contributed by atoms with Gasteiger partial charge < -0.3 is 10.2 Å². The van der Waals surface area contributed by atoms with Crippen molar-refractivity contribution >= 4 is 5.82 Å². The predicted octanol–water partition coefficient (Wildman–Crippen LogP) is 2.28. The highest BCUT2D eigenvalue weighted by Gasteiger charge is 2.26. The molecule has 1 aliphatic rings. The summed E-state index contributed by atoms with van der Waals surface area (Å²) in [4.78, 5) is 7.00. The van der Waals surface area contributed by atoms with E-state index in [0.29, 0.717) is 0 Å². The van der Waals surface area contributed by atoms with Gasteiger partial charge in [-0.3, -0.25) is 0 Å². The van der Waals surface area contributed by atoms with E-state index in [1.165, 1.54) is 17.8 Å². The van der Waals surface area contributed by atoms with Crippen molar-refractivity contribution in [3.05, 3.63) is 23.9 Å². The van der Waals surface area contributed by atoms with Crippen LogP contribution in [0.5, 0.6) is 0 Å². The van der Waals surface area contributed by atoms with Crippen molar-refractivity contribution in [2.24, 2.45) is 11.8 Å². The second kappa shape index (κ2) is 5.50. The molecule has 0 amide bonds. The highest BCUT2D eigenvalue weighted by atomic mass is 15.2. The zero-order valence-corrected chi connectivity index (χ0v) is 11.1. The number of rotatable bonds is 4. The fourth-order valence-corrected chi connectivity index (χ4v) is 2.57. The Bertz CT molecular complexity index is 362. The maximum atomic E-state index is 4.56. The Kier molecular flexibility index (Phi) is 4.00. The van der Waals surface area contributed by atoms with Gasteiger partial charge in [-0.1, -0.05) is 19.9 Å². The molecule has 0 saturated carbocycles. The van der Waals surface area contributed by atoms with Gasteiger partial charge in [0.15, 0.2) is 0 Å². The lowest BCUT2D eigenvalue weighted by Gasteiger charge is -2.21. The summed E-state index contributed by atoms with van der Waals surface area (Å²) in [7, 11) is 1.98. The summed E-state index contributed by atoms with van der Waals surface area (Å²) in [6, 6.07) is 4.19. The zero-order valence-electron chi connectivity index (χ0n) is 11.1. The Morgan fingerprint density at radius 2 is 2.35 bits per heavy atom. The van der Waals surface area contributed by atoms with Crippen molar-refractivity contribution < 1.29 is 0 Å². The van der Waals surface area contributed by atoms with Crippen molar-refractivity contribution in [1.82, 2.24) is 10.3 Å². The summed E-state index contributed by atoms with van der Waals surface area (Å²) in [5.41, 5.74) is 1.31. The number of nitrogens with one attached hydrogen (secondary N) is 1. The van der Waals surface area contributed by atoms with Gasteiger partial charge in [-0.05, 0) is 31.4 Å². The summed E-state index contributed by atoms with van der Waals surface area (Å²) >= 11 is 0. The molecular weight excluding hydrogens is 210 g/mol. The van der Waals surface area contributed by atoms with Crippen LogP contribution in [0, 0.1) is 11.8 Å². The van der Waals surface area contributed by atoms with Crippen molar-refractivity contribution in [3.8, 4) is 0 Å². The molecule has 1 atom stereocenters. The van der Waals surface area contributed by atoms with Crippen molar-refractivity contribution in [2.45, 2.75) is 26.8 Å². The van der Waals surface area contributed by atoms with Crippen molar-refractivity contribution in [1.29, 1.82) is 0 Å². The van der Waals surface area contributed by atoms with E-state index in [-0.39, 0.29) is 0 Å². The quantitative estimate of drug-likeness (QED) is 0.865. The van der Waals surface area contributed by atoms with Crippen molar-refractivity contribution in [2.75, 3.05) is 25.0 Å². The molecule has 3 nitrogen and oxygen atoms in total. The topological polar surface area (TPSA) is 28.2 Å². The SMILES string of the molecule is CNCc1cccnc1N1CCC(C(C)C)C1. The molecule has 1 saturated heterocycles. The lowest BCUT2D eigenvalue weighted by atomic mass is 9.95. The normalized spacial score (nSPS) is 20.2. The third-order valence-corrected chi connectivity index (χ3v) is 3.70. The maximum absolute atomic E-state index is 4.56. The zero-order chi connectivity index (χ0) is 12.3. The molecule has 0 bridgehead atoms. The standard InChI is InChI=1S/C14H23N3/c1-11(2)13-6-8-17(10-13)14-12(9-15-3)5-4-7-16-14/h4-5,7,11,13,15H,6,8-10H2,1-3H3. The van der Waals surface area contributed by atoms with Gasteiger partial charge in [0.2, 0.25) is 0 Å². The van der Waals surface area contributed by atoms with Gasteiger partial charge in [0.25, 0.3) is 0 Å².